The van der Waals surface area contributed by atoms with E-state index in [4.69, 9.17) is 4.74 Å². The van der Waals surface area contributed by atoms with Crippen molar-refractivity contribution in [3.05, 3.63) is 35.9 Å². The van der Waals surface area contributed by atoms with Gasteiger partial charge in [-0.1, -0.05) is 30.3 Å². The molecule has 16 heavy (non-hydrogen) atoms. The molecule has 0 radical (unpaired) electrons. The molecule has 0 aliphatic carbocycles. The van der Waals surface area contributed by atoms with Gasteiger partial charge in [0.15, 0.2) is 0 Å². The van der Waals surface area contributed by atoms with Gasteiger partial charge in [-0.2, -0.15) is 11.8 Å². The Hall–Kier alpha value is -0.510. The molecule has 3 heteroatoms. The summed E-state index contributed by atoms with van der Waals surface area (Å²) in [6, 6.07) is 11.2. The van der Waals surface area contributed by atoms with Crippen molar-refractivity contribution in [3.63, 3.8) is 0 Å². The van der Waals surface area contributed by atoms with Crippen molar-refractivity contribution in [1.82, 2.24) is 5.32 Å². The molecule has 1 aromatic carbocycles. The van der Waals surface area contributed by atoms with Gasteiger partial charge in [-0.25, -0.2) is 0 Å². The lowest BCUT2D eigenvalue weighted by atomic mass is 10.2. The van der Waals surface area contributed by atoms with Crippen LogP contribution in [0.5, 0.6) is 0 Å². The van der Waals surface area contributed by atoms with E-state index in [0.29, 0.717) is 6.04 Å². The van der Waals surface area contributed by atoms with Crippen LogP contribution < -0.4 is 5.32 Å². The molecular formula is C13H19NOS. The van der Waals surface area contributed by atoms with E-state index in [1.54, 1.807) is 0 Å². The monoisotopic (exact) mass is 237 g/mol. The molecule has 0 bridgehead atoms. The number of rotatable bonds is 6. The molecule has 2 nitrogen and oxygen atoms in total. The van der Waals surface area contributed by atoms with E-state index in [9.17, 15) is 0 Å². The minimum Gasteiger partial charge on any atom is -0.380 e. The van der Waals surface area contributed by atoms with Gasteiger partial charge >= 0.3 is 0 Å². The highest BCUT2D eigenvalue weighted by Crippen LogP contribution is 2.11. The van der Waals surface area contributed by atoms with Crippen LogP contribution in [-0.2, 0) is 10.5 Å². The first-order chi connectivity index (χ1) is 7.95. The third-order valence-corrected chi connectivity index (χ3v) is 3.75. The van der Waals surface area contributed by atoms with Crippen LogP contribution in [0.4, 0.5) is 0 Å². The van der Waals surface area contributed by atoms with Crippen molar-refractivity contribution in [2.75, 3.05) is 25.5 Å². The minimum atomic E-state index is 0.595. The van der Waals surface area contributed by atoms with Crippen LogP contribution in [-0.4, -0.2) is 31.6 Å². The normalized spacial score (nSPS) is 20.1. The lowest BCUT2D eigenvalue weighted by molar-refractivity contribution is 0.190. The van der Waals surface area contributed by atoms with E-state index in [1.165, 1.54) is 17.7 Å². The first-order valence-electron chi connectivity index (χ1n) is 5.88. The van der Waals surface area contributed by atoms with Crippen LogP contribution >= 0.6 is 11.8 Å². The van der Waals surface area contributed by atoms with Crippen LogP contribution in [0.1, 0.15) is 12.0 Å². The third-order valence-electron chi connectivity index (χ3n) is 2.72. The Kier molecular flexibility index (Phi) is 5.19. The number of hydrogen-bond donors (Lipinski definition) is 1. The van der Waals surface area contributed by atoms with E-state index >= 15 is 0 Å². The van der Waals surface area contributed by atoms with Crippen LogP contribution in [0.15, 0.2) is 30.3 Å². The Morgan fingerprint density at radius 1 is 1.31 bits per heavy atom. The van der Waals surface area contributed by atoms with Crippen LogP contribution in [0.3, 0.4) is 0 Å². The number of benzene rings is 1. The topological polar surface area (TPSA) is 21.3 Å². The Bertz CT molecular complexity index is 285. The highest BCUT2D eigenvalue weighted by Gasteiger charge is 2.13. The van der Waals surface area contributed by atoms with Gasteiger partial charge in [0, 0.05) is 30.7 Å². The summed E-state index contributed by atoms with van der Waals surface area (Å²) in [6.07, 6.45) is 1.17. The van der Waals surface area contributed by atoms with Crippen molar-refractivity contribution in [2.24, 2.45) is 0 Å². The fraction of sp³-hybridized carbons (Fsp3) is 0.538. The maximum Gasteiger partial charge on any atom is 0.0620 e. The summed E-state index contributed by atoms with van der Waals surface area (Å²) in [5, 5.41) is 3.52. The average Bonchev–Trinajstić information content (AvgIpc) is 2.83. The van der Waals surface area contributed by atoms with E-state index in [0.717, 1.165) is 25.5 Å². The van der Waals surface area contributed by atoms with Gasteiger partial charge in [0.1, 0.15) is 0 Å². The van der Waals surface area contributed by atoms with Crippen molar-refractivity contribution in [2.45, 2.75) is 18.2 Å². The zero-order valence-corrected chi connectivity index (χ0v) is 10.3. The molecule has 0 saturated carbocycles. The molecule has 1 saturated heterocycles. The Labute approximate surface area is 102 Å². The van der Waals surface area contributed by atoms with E-state index in [2.05, 4.69) is 35.6 Å². The summed E-state index contributed by atoms with van der Waals surface area (Å²) in [6.45, 7) is 2.91. The van der Waals surface area contributed by atoms with Gasteiger partial charge in [0.2, 0.25) is 0 Å². The average molecular weight is 237 g/mol. The standard InChI is InChI=1S/C13H19NOS/c1-2-4-12(5-3-1)11-16-9-7-14-13-6-8-15-10-13/h1-5,13-14H,6-11H2. The summed E-state index contributed by atoms with van der Waals surface area (Å²) < 4.78 is 5.31. The molecular weight excluding hydrogens is 218 g/mol. The van der Waals surface area contributed by atoms with Gasteiger partial charge in [-0.15, -0.1) is 0 Å². The fourth-order valence-corrected chi connectivity index (χ4v) is 2.63. The largest absolute Gasteiger partial charge is 0.380 e. The Balaban J connectivity index is 1.52. The second kappa shape index (κ2) is 6.94. The van der Waals surface area contributed by atoms with Gasteiger partial charge in [-0.3, -0.25) is 0 Å². The van der Waals surface area contributed by atoms with E-state index in [-0.39, 0.29) is 0 Å². The Morgan fingerprint density at radius 3 is 2.94 bits per heavy atom. The molecule has 1 aliphatic heterocycles. The number of ether oxygens (including phenoxy) is 1. The summed E-state index contributed by atoms with van der Waals surface area (Å²) in [5.74, 6) is 2.29. The molecule has 0 aromatic heterocycles. The highest BCUT2D eigenvalue weighted by molar-refractivity contribution is 7.98. The van der Waals surface area contributed by atoms with Gasteiger partial charge in [0.05, 0.1) is 6.61 Å². The maximum atomic E-state index is 5.31. The molecule has 0 amide bonds. The first-order valence-corrected chi connectivity index (χ1v) is 7.03. The highest BCUT2D eigenvalue weighted by atomic mass is 32.2. The SMILES string of the molecule is c1ccc(CSCCNC2CCOC2)cc1. The van der Waals surface area contributed by atoms with Crippen molar-refractivity contribution < 1.29 is 4.74 Å². The molecule has 1 heterocycles. The molecule has 1 unspecified atom stereocenters. The molecule has 1 fully saturated rings. The molecule has 88 valence electrons. The maximum absolute atomic E-state index is 5.31. The molecule has 1 atom stereocenters. The molecule has 1 N–H and O–H groups in total. The lowest BCUT2D eigenvalue weighted by Crippen LogP contribution is -2.31. The fourth-order valence-electron chi connectivity index (χ4n) is 1.79. The van der Waals surface area contributed by atoms with Gasteiger partial charge in [0.25, 0.3) is 0 Å². The number of nitrogens with one attached hydrogen (secondary N) is 1. The zero-order chi connectivity index (χ0) is 11.1. The summed E-state index contributed by atoms with van der Waals surface area (Å²) in [5.41, 5.74) is 1.41. The third kappa shape index (κ3) is 4.16. The molecule has 1 aliphatic rings. The van der Waals surface area contributed by atoms with Gasteiger partial charge in [-0.05, 0) is 12.0 Å². The Morgan fingerprint density at radius 2 is 2.19 bits per heavy atom. The van der Waals surface area contributed by atoms with Gasteiger partial charge < -0.3 is 10.1 Å². The quantitative estimate of drug-likeness (QED) is 0.767. The molecule has 1 aromatic rings. The zero-order valence-electron chi connectivity index (χ0n) is 9.52. The number of thioether (sulfide) groups is 1. The second-order valence-corrected chi connectivity index (χ2v) is 5.16. The van der Waals surface area contributed by atoms with Crippen molar-refractivity contribution in [3.8, 4) is 0 Å². The molecule has 0 spiro atoms. The summed E-state index contributed by atoms with van der Waals surface area (Å²) in [7, 11) is 0. The summed E-state index contributed by atoms with van der Waals surface area (Å²) >= 11 is 1.99. The van der Waals surface area contributed by atoms with Crippen molar-refractivity contribution >= 4 is 11.8 Å². The van der Waals surface area contributed by atoms with Crippen LogP contribution in [0, 0.1) is 0 Å². The number of hydrogen-bond acceptors (Lipinski definition) is 3. The minimum absolute atomic E-state index is 0.595. The lowest BCUT2D eigenvalue weighted by Gasteiger charge is -2.09. The smallest absolute Gasteiger partial charge is 0.0620 e. The van der Waals surface area contributed by atoms with E-state index in [1.807, 2.05) is 11.8 Å². The van der Waals surface area contributed by atoms with Crippen LogP contribution in [0.2, 0.25) is 0 Å². The van der Waals surface area contributed by atoms with Crippen molar-refractivity contribution in [1.29, 1.82) is 0 Å². The predicted molar refractivity (Wildman–Crippen MR) is 69.8 cm³/mol. The summed E-state index contributed by atoms with van der Waals surface area (Å²) in [4.78, 5) is 0. The predicted octanol–water partition coefficient (Wildman–Crippen LogP) is 2.30. The van der Waals surface area contributed by atoms with Crippen LogP contribution in [0.25, 0.3) is 0 Å². The second-order valence-electron chi connectivity index (χ2n) is 4.05. The van der Waals surface area contributed by atoms with E-state index < -0.39 is 0 Å². The molecule has 2 rings (SSSR count). The first kappa shape index (κ1) is 12.0.